The second-order valence-electron chi connectivity index (χ2n) is 37.7. The number of ketones is 5. The van der Waals surface area contributed by atoms with Crippen molar-refractivity contribution >= 4 is 131 Å². The van der Waals surface area contributed by atoms with Gasteiger partial charge in [0.25, 0.3) is 0 Å². The molecular weight excluding hydrogens is 1810 g/mol. The second-order valence-corrected chi connectivity index (χ2v) is 37.7. The van der Waals surface area contributed by atoms with Gasteiger partial charge in [0.15, 0.2) is 28.9 Å². The molecule has 0 aromatic heterocycles. The molecule has 0 aliphatic heterocycles. The Labute approximate surface area is 841 Å². The lowest BCUT2D eigenvalue weighted by molar-refractivity contribution is -0.141. The number of Topliss-reactive ketones (excluding diaryl/α,β-unsaturated/α-hetero) is 4. The number of aryl methyl sites for hydroxylation is 2. The number of phenols is 3. The Morgan fingerprint density at radius 3 is 1.18 bits per heavy atom. The number of ether oxygens (including phenoxy) is 5. The van der Waals surface area contributed by atoms with Crippen molar-refractivity contribution in [1.82, 2.24) is 4.90 Å². The van der Waals surface area contributed by atoms with Crippen LogP contribution < -0.4 is 14.2 Å². The van der Waals surface area contributed by atoms with Gasteiger partial charge in [0.1, 0.15) is 60.1 Å². The number of aliphatic hydroxyl groups is 1. The van der Waals surface area contributed by atoms with Crippen LogP contribution in [-0.4, -0.2) is 118 Å². The molecule has 0 fully saturated rings. The van der Waals surface area contributed by atoms with Crippen molar-refractivity contribution in [3.63, 3.8) is 0 Å². The molecule has 21 rings (SSSR count). The van der Waals surface area contributed by atoms with Gasteiger partial charge in [-0.15, -0.1) is 0 Å². The predicted molar refractivity (Wildman–Crippen MR) is 573 cm³/mol. The lowest BCUT2D eigenvalue weighted by Crippen LogP contribution is -2.34. The van der Waals surface area contributed by atoms with Gasteiger partial charge in [-0.1, -0.05) is 289 Å². The van der Waals surface area contributed by atoms with Crippen LogP contribution in [0, 0.1) is 13.8 Å². The second kappa shape index (κ2) is 43.5. The molecule has 18 nitrogen and oxygen atoms in total. The van der Waals surface area contributed by atoms with Crippen molar-refractivity contribution in [3.05, 3.63) is 456 Å². The summed E-state index contributed by atoms with van der Waals surface area (Å²) in [5, 5.41) is 47.9. The van der Waals surface area contributed by atoms with E-state index in [1.54, 1.807) is 48.2 Å². The Hall–Kier alpha value is -17.2. The average molecular weight is 1920 g/mol. The van der Waals surface area contributed by atoms with E-state index in [1.807, 2.05) is 293 Å². The molecule has 16 aromatic rings. The summed E-state index contributed by atoms with van der Waals surface area (Å²) < 4.78 is 28.4. The molecule has 16 aromatic carbocycles. The van der Waals surface area contributed by atoms with Crippen molar-refractivity contribution in [1.29, 1.82) is 0 Å². The van der Waals surface area contributed by atoms with E-state index in [4.69, 9.17) is 28.8 Å². The van der Waals surface area contributed by atoms with Crippen LogP contribution in [0.5, 0.6) is 34.5 Å². The van der Waals surface area contributed by atoms with Gasteiger partial charge in [-0.2, -0.15) is 0 Å². The van der Waals surface area contributed by atoms with Gasteiger partial charge in [0.2, 0.25) is 5.91 Å². The topological polar surface area (TPSA) is 267 Å². The standard InChI is InChI=1S/C31H28O3.C29H24O3.C27H20O3.C21H18O5.C19H19NO3/c1-19-15-24(11-13-27(19)32)31(3,4)25-12-14-28(20(2)16-25)34-18-23-17-22-9-5-7-21-8-6-10-26(29(21)22)30(23)33;1-29(2,22-9-13-24(30)14-10-22)23-11-15-25(16-12-23)32-18-21-17-20-7-3-5-19-6-4-8-26(27(19)20)28(21)31;28-23-11-7-18(8-12-23)15-19-9-13-24(14-10-19)30-17-22-16-21-5-1-3-20-4-2-6-25(26(20)21)27(22)29;1-13(2)21(24)25-11-5-10-19(23)26-18-12-17(22)15-8-3-6-14-7-4-9-16(18)20(14)15;1-13(22)20(9-4-10-21)12-16-11-15-7-2-5-14-6-3-8-17(18(14)15)19(16)23/h5-17,32H,18H2,1-4H3;3-17,30H,18H2,1-2H3;1-14,16,28H,15,17H2;3-4,6-9,12H,1,5,10-11H2,2H3;2-3,5-8,11,21H,4,9-10,12H2,1H3. The summed E-state index contributed by atoms with van der Waals surface area (Å²) >= 11 is 0. The highest BCUT2D eigenvalue weighted by atomic mass is 16.5. The highest BCUT2D eigenvalue weighted by Crippen LogP contribution is 2.42. The third-order valence-corrected chi connectivity index (χ3v) is 27.1. The van der Waals surface area contributed by atoms with Crippen molar-refractivity contribution in [2.75, 3.05) is 46.1 Å². The van der Waals surface area contributed by atoms with Crippen LogP contribution in [-0.2, 0) is 41.1 Å². The Bertz CT molecular complexity index is 7980. The number of carbonyl (C=O) groups excluding carboxylic acids is 8. The van der Waals surface area contributed by atoms with Gasteiger partial charge in [0.05, 0.1) is 6.61 Å². The number of hydrogen-bond acceptors (Lipinski definition) is 17. The Morgan fingerprint density at radius 1 is 0.379 bits per heavy atom. The molecule has 724 valence electrons. The van der Waals surface area contributed by atoms with Gasteiger partial charge >= 0.3 is 11.9 Å². The molecule has 0 heterocycles. The number of aliphatic hydroxyl groups excluding tert-OH is 1. The fourth-order valence-corrected chi connectivity index (χ4v) is 18.9. The van der Waals surface area contributed by atoms with Gasteiger partial charge in [-0.05, 0) is 219 Å². The van der Waals surface area contributed by atoms with E-state index in [-0.39, 0.29) is 109 Å². The zero-order chi connectivity index (χ0) is 102. The Morgan fingerprint density at radius 2 is 0.745 bits per heavy atom. The van der Waals surface area contributed by atoms with E-state index < -0.39 is 11.9 Å². The molecule has 5 aliphatic rings. The fraction of sp³-hybridized carbons (Fsp3) is 0.165. The minimum Gasteiger partial charge on any atom is -0.508 e. The number of phenolic OH excluding ortho intramolecular Hbond substituents is 3. The first kappa shape index (κ1) is 99.3. The number of allylic oxidation sites excluding steroid dienone is 1. The maximum absolute atomic E-state index is 13.1. The van der Waals surface area contributed by atoms with Crippen molar-refractivity contribution < 1.29 is 82.5 Å². The molecule has 0 spiro atoms. The van der Waals surface area contributed by atoms with Crippen molar-refractivity contribution in [3.8, 4) is 34.5 Å². The highest BCUT2D eigenvalue weighted by molar-refractivity contribution is 6.27. The van der Waals surface area contributed by atoms with Crippen LogP contribution >= 0.6 is 0 Å². The van der Waals surface area contributed by atoms with Crippen LogP contribution in [0.15, 0.2) is 356 Å². The smallest absolute Gasteiger partial charge is 0.333 e. The quantitative estimate of drug-likeness (QED) is 0.0223. The lowest BCUT2D eigenvalue weighted by Gasteiger charge is -2.27. The van der Waals surface area contributed by atoms with Crippen LogP contribution in [0.1, 0.15) is 185 Å². The predicted octanol–water partition coefficient (Wildman–Crippen LogP) is 25.9. The molecule has 4 N–H and O–H groups in total. The molecule has 18 heteroatoms. The monoisotopic (exact) mass is 1920 g/mol. The Kier molecular flexibility index (Phi) is 29.8. The maximum Gasteiger partial charge on any atom is 0.333 e. The number of benzene rings is 16. The summed E-state index contributed by atoms with van der Waals surface area (Å²) in [7, 11) is 0. The first-order chi connectivity index (χ1) is 69.9. The highest BCUT2D eigenvalue weighted by Gasteiger charge is 2.32. The summed E-state index contributed by atoms with van der Waals surface area (Å²) in [6.07, 6.45) is 10.8. The summed E-state index contributed by atoms with van der Waals surface area (Å²) in [5.41, 5.74) is 19.6. The van der Waals surface area contributed by atoms with E-state index in [0.717, 1.165) is 167 Å². The number of rotatable bonds is 26. The summed E-state index contributed by atoms with van der Waals surface area (Å²) in [5.74, 6) is 2.14. The third-order valence-electron chi connectivity index (χ3n) is 27.1. The number of nitrogens with zero attached hydrogens (tertiary/aromatic N) is 1. The molecule has 0 saturated carbocycles. The first-order valence-corrected chi connectivity index (χ1v) is 48.3. The van der Waals surface area contributed by atoms with E-state index in [2.05, 4.69) is 58.5 Å². The van der Waals surface area contributed by atoms with Gasteiger partial charge in [-0.3, -0.25) is 33.6 Å². The van der Waals surface area contributed by atoms with Crippen LogP contribution in [0.25, 0.3) is 83.9 Å². The number of aromatic hydroxyl groups is 3. The van der Waals surface area contributed by atoms with Crippen molar-refractivity contribution in [2.24, 2.45) is 0 Å². The van der Waals surface area contributed by atoms with Crippen LogP contribution in [0.4, 0.5) is 0 Å². The first-order valence-electron chi connectivity index (χ1n) is 48.3. The zero-order valence-electron chi connectivity index (χ0n) is 81.9. The Balaban J connectivity index is 0.000000125. The normalized spacial score (nSPS) is 12.9. The number of amides is 1. The number of esters is 2. The molecule has 0 unspecified atom stereocenters. The number of carbonyl (C=O) groups is 8. The molecular formula is C127H109NO17. The summed E-state index contributed by atoms with van der Waals surface area (Å²) in [4.78, 5) is 101. The van der Waals surface area contributed by atoms with Gasteiger partial charge in [-0.25, -0.2) is 4.79 Å². The van der Waals surface area contributed by atoms with Crippen LogP contribution in [0.2, 0.25) is 0 Å². The molecule has 5 aliphatic carbocycles. The molecule has 0 bridgehead atoms. The minimum absolute atomic E-state index is 0.0236. The zero-order valence-corrected chi connectivity index (χ0v) is 81.9. The largest absolute Gasteiger partial charge is 0.508 e. The lowest BCUT2D eigenvalue weighted by atomic mass is 9.77. The van der Waals surface area contributed by atoms with E-state index in [1.165, 1.54) is 13.0 Å². The summed E-state index contributed by atoms with van der Waals surface area (Å²) in [6, 6.07) is 101. The van der Waals surface area contributed by atoms with Crippen LogP contribution in [0.3, 0.4) is 0 Å². The van der Waals surface area contributed by atoms with E-state index in [9.17, 15) is 53.7 Å². The molecule has 145 heavy (non-hydrogen) atoms. The maximum atomic E-state index is 13.1. The third kappa shape index (κ3) is 22.1. The van der Waals surface area contributed by atoms with E-state index in [0.29, 0.717) is 64.1 Å². The van der Waals surface area contributed by atoms with Gasteiger partial charge in [0, 0.05) is 138 Å². The molecule has 0 atom stereocenters. The average Bonchev–Trinajstić information content (AvgIpc) is 0.778. The molecule has 0 radical (unpaired) electrons. The minimum atomic E-state index is -0.484. The number of hydrogen-bond donors (Lipinski definition) is 4. The van der Waals surface area contributed by atoms with Gasteiger partial charge < -0.3 is 49.0 Å². The SMILES string of the molecule is C=C(C)C(=O)OCCCC(=O)OC1=CC(=O)c2cccc3cccc1c23.CC(=O)N(CCCO)CC1=Cc2cccc3cccc(c23)C1=O.CC(C)(c1ccc(O)cc1)c1ccc(OCC2=Cc3cccc4cccc(c34)C2=O)cc1.Cc1cc(C(C)(C)c2ccc(OCC3=Cc4cccc5cccc(c45)C3=O)c(C)c2)ccc1O.O=C1C(COc2ccc(Cc3ccc(O)cc3)cc2)=Cc2cccc3cccc1c23. The van der Waals surface area contributed by atoms with E-state index >= 15 is 0 Å². The summed E-state index contributed by atoms with van der Waals surface area (Å²) in [6.45, 7) is 20.7. The molecule has 1 amide bonds. The van der Waals surface area contributed by atoms with Crippen molar-refractivity contribution in [2.45, 2.75) is 91.9 Å². The molecule has 0 saturated heterocycles. The fourth-order valence-electron chi connectivity index (χ4n) is 18.9.